The van der Waals surface area contributed by atoms with Gasteiger partial charge in [0.05, 0.1) is 12.5 Å². The van der Waals surface area contributed by atoms with E-state index < -0.39 is 17.4 Å². The number of carbonyl (C=O) groups excluding carboxylic acids is 2. The van der Waals surface area contributed by atoms with Crippen molar-refractivity contribution in [1.29, 1.82) is 0 Å². The van der Waals surface area contributed by atoms with Crippen molar-refractivity contribution in [3.8, 4) is 5.88 Å². The minimum atomic E-state index is -1.29. The Labute approximate surface area is 198 Å². The third-order valence-corrected chi connectivity index (χ3v) is 6.77. The first-order chi connectivity index (χ1) is 16.2. The van der Waals surface area contributed by atoms with Crippen LogP contribution in [0.5, 0.6) is 5.88 Å². The molecule has 3 rings (SSSR count). The third-order valence-electron chi connectivity index (χ3n) is 6.77. The van der Waals surface area contributed by atoms with Crippen molar-refractivity contribution >= 4 is 23.6 Å². The van der Waals surface area contributed by atoms with Crippen LogP contribution in [0.4, 0.5) is 0 Å². The van der Waals surface area contributed by atoms with Crippen molar-refractivity contribution in [3.05, 3.63) is 47.2 Å². The Bertz CT molecular complexity index is 1020. The highest BCUT2D eigenvalue weighted by Gasteiger charge is 2.40. The van der Waals surface area contributed by atoms with E-state index in [1.165, 1.54) is 26.3 Å². The Morgan fingerprint density at radius 1 is 1.15 bits per heavy atom. The van der Waals surface area contributed by atoms with Gasteiger partial charge in [0, 0.05) is 48.8 Å². The van der Waals surface area contributed by atoms with Crippen molar-refractivity contribution in [2.24, 2.45) is 11.3 Å². The lowest BCUT2D eigenvalue weighted by Crippen LogP contribution is -2.40. The Hall–Kier alpha value is -3.49. The number of pyridine rings is 1. The van der Waals surface area contributed by atoms with Crippen LogP contribution in [0.15, 0.2) is 41.6 Å². The van der Waals surface area contributed by atoms with Gasteiger partial charge in [-0.15, -0.1) is 0 Å². The van der Waals surface area contributed by atoms with Crippen molar-refractivity contribution < 1.29 is 34.1 Å². The zero-order valence-corrected chi connectivity index (χ0v) is 19.5. The zero-order valence-electron chi connectivity index (χ0n) is 19.5. The van der Waals surface area contributed by atoms with Crippen LogP contribution in [0.3, 0.4) is 0 Å². The second kappa shape index (κ2) is 10.6. The van der Waals surface area contributed by atoms with Crippen LogP contribution >= 0.6 is 0 Å². The van der Waals surface area contributed by atoms with Crippen LogP contribution < -0.4 is 4.74 Å². The molecule has 1 fully saturated rings. The fraction of sp³-hybridized carbons (Fsp3) is 0.480. The van der Waals surface area contributed by atoms with Crippen LogP contribution in [0.1, 0.15) is 55.8 Å². The molecule has 9 heteroatoms. The standard InChI is InChI=1S/C25H30N2O7/c1-25(24(32)33)14-17(23(30)31)6-8-19(25)4-3-5-21(28)27-12-10-16(11-13-27)22(29)18-7-9-20(34-2)26-15-18/h6-9,15-16H,3-5,10-14H2,1-2H3,(H,30,31)(H,32,33). The molecule has 1 unspecified atom stereocenters. The molecule has 2 aliphatic rings. The van der Waals surface area contributed by atoms with E-state index in [0.717, 1.165) is 0 Å². The smallest absolute Gasteiger partial charge is 0.331 e. The Balaban J connectivity index is 1.50. The molecule has 1 aliphatic carbocycles. The average molecular weight is 471 g/mol. The van der Waals surface area contributed by atoms with Gasteiger partial charge in [-0.05, 0) is 45.1 Å². The molecule has 0 spiro atoms. The van der Waals surface area contributed by atoms with Crippen molar-refractivity contribution in [2.45, 2.75) is 45.4 Å². The molecule has 34 heavy (non-hydrogen) atoms. The molecular weight excluding hydrogens is 440 g/mol. The summed E-state index contributed by atoms with van der Waals surface area (Å²) in [5, 5.41) is 18.9. The maximum absolute atomic E-state index is 12.7. The predicted octanol–water partition coefficient (Wildman–Crippen LogP) is 3.11. The summed E-state index contributed by atoms with van der Waals surface area (Å²) in [6, 6.07) is 3.35. The summed E-state index contributed by atoms with van der Waals surface area (Å²) in [5.41, 5.74) is -0.0729. The first-order valence-corrected chi connectivity index (χ1v) is 11.3. The van der Waals surface area contributed by atoms with Crippen molar-refractivity contribution in [3.63, 3.8) is 0 Å². The summed E-state index contributed by atoms with van der Waals surface area (Å²) in [6.45, 7) is 2.52. The highest BCUT2D eigenvalue weighted by Crippen LogP contribution is 2.40. The summed E-state index contributed by atoms with van der Waals surface area (Å²) in [7, 11) is 1.51. The Morgan fingerprint density at radius 2 is 1.85 bits per heavy atom. The van der Waals surface area contributed by atoms with Crippen LogP contribution in [0.2, 0.25) is 0 Å². The minimum Gasteiger partial charge on any atom is -0.481 e. The summed E-state index contributed by atoms with van der Waals surface area (Å²) in [5.74, 6) is -1.90. The van der Waals surface area contributed by atoms with Crippen molar-refractivity contribution in [2.75, 3.05) is 20.2 Å². The Kier molecular flexibility index (Phi) is 7.86. The lowest BCUT2D eigenvalue weighted by atomic mass is 9.72. The molecule has 0 bridgehead atoms. The van der Waals surface area contributed by atoms with Crippen LogP contribution in [-0.2, 0) is 14.4 Å². The van der Waals surface area contributed by atoms with E-state index in [1.54, 1.807) is 23.1 Å². The van der Waals surface area contributed by atoms with Crippen molar-refractivity contribution in [1.82, 2.24) is 9.88 Å². The number of methoxy groups -OCH3 is 1. The van der Waals surface area contributed by atoms with Gasteiger partial charge in [-0.2, -0.15) is 0 Å². The average Bonchev–Trinajstić information content (AvgIpc) is 2.84. The molecule has 1 atom stereocenters. The first kappa shape index (κ1) is 25.1. The number of aromatic nitrogens is 1. The maximum Gasteiger partial charge on any atom is 0.331 e. The number of hydrogen-bond donors (Lipinski definition) is 2. The van der Waals surface area contributed by atoms with Crippen LogP contribution in [0, 0.1) is 11.3 Å². The number of piperidine rings is 1. The molecule has 0 radical (unpaired) electrons. The number of amides is 1. The second-order valence-corrected chi connectivity index (χ2v) is 8.97. The number of carboxylic acid groups (broad SMARTS) is 2. The fourth-order valence-corrected chi connectivity index (χ4v) is 4.52. The number of carbonyl (C=O) groups is 4. The van der Waals surface area contributed by atoms with Gasteiger partial charge < -0.3 is 19.8 Å². The number of ketones is 1. The van der Waals surface area contributed by atoms with E-state index in [-0.39, 0.29) is 36.0 Å². The molecule has 0 saturated carbocycles. The molecule has 2 heterocycles. The summed E-state index contributed by atoms with van der Waals surface area (Å²) in [6.07, 6.45) is 6.76. The minimum absolute atomic E-state index is 0.0211. The SMILES string of the molecule is COc1ccc(C(=O)C2CCN(C(=O)CCCC3=CC=C(C(=O)O)CC3(C)C(=O)O)CC2)cn1. The number of Topliss-reactive ketones (excluding diaryl/α,β-unsaturated/α-hetero) is 1. The van der Waals surface area contributed by atoms with Crippen LogP contribution in [0.25, 0.3) is 0 Å². The van der Waals surface area contributed by atoms with E-state index in [0.29, 0.717) is 55.8 Å². The number of carboxylic acids is 2. The number of allylic oxidation sites excluding steroid dienone is 2. The molecule has 1 aliphatic heterocycles. The molecular formula is C25H30N2O7. The largest absolute Gasteiger partial charge is 0.481 e. The zero-order chi connectivity index (χ0) is 24.9. The van der Waals surface area contributed by atoms with E-state index in [4.69, 9.17) is 4.74 Å². The number of hydrogen-bond acceptors (Lipinski definition) is 6. The number of likely N-dealkylation sites (tertiary alicyclic amines) is 1. The lowest BCUT2D eigenvalue weighted by molar-refractivity contribution is -0.146. The molecule has 1 aromatic rings. The number of nitrogens with zero attached hydrogens (tertiary/aromatic N) is 2. The van der Waals surface area contributed by atoms with Gasteiger partial charge in [-0.3, -0.25) is 14.4 Å². The van der Waals surface area contributed by atoms with Gasteiger partial charge in [-0.1, -0.05) is 17.7 Å². The number of rotatable bonds is 9. The van der Waals surface area contributed by atoms with Crippen LogP contribution in [-0.4, -0.2) is 63.9 Å². The molecule has 1 amide bonds. The summed E-state index contributed by atoms with van der Waals surface area (Å²) in [4.78, 5) is 54.3. The second-order valence-electron chi connectivity index (χ2n) is 8.97. The lowest BCUT2D eigenvalue weighted by Gasteiger charge is -2.32. The predicted molar refractivity (Wildman–Crippen MR) is 122 cm³/mol. The monoisotopic (exact) mass is 470 g/mol. The summed E-state index contributed by atoms with van der Waals surface area (Å²) >= 11 is 0. The van der Waals surface area contributed by atoms with Gasteiger partial charge in [-0.25, -0.2) is 9.78 Å². The van der Waals surface area contributed by atoms with E-state index in [2.05, 4.69) is 4.98 Å². The summed E-state index contributed by atoms with van der Waals surface area (Å²) < 4.78 is 5.02. The third kappa shape index (κ3) is 5.52. The van der Waals surface area contributed by atoms with E-state index >= 15 is 0 Å². The van der Waals surface area contributed by atoms with Gasteiger partial charge in [0.15, 0.2) is 5.78 Å². The van der Waals surface area contributed by atoms with E-state index in [9.17, 15) is 29.4 Å². The number of ether oxygens (including phenoxy) is 1. The Morgan fingerprint density at radius 3 is 2.41 bits per heavy atom. The first-order valence-electron chi connectivity index (χ1n) is 11.3. The molecule has 0 aromatic carbocycles. The number of aliphatic carboxylic acids is 2. The molecule has 182 valence electrons. The molecule has 1 saturated heterocycles. The quantitative estimate of drug-likeness (QED) is 0.526. The van der Waals surface area contributed by atoms with Gasteiger partial charge in [0.2, 0.25) is 11.8 Å². The topological polar surface area (TPSA) is 134 Å². The molecule has 1 aromatic heterocycles. The molecule has 9 nitrogen and oxygen atoms in total. The highest BCUT2D eigenvalue weighted by atomic mass is 16.5. The van der Waals surface area contributed by atoms with Gasteiger partial charge >= 0.3 is 11.9 Å². The fourth-order valence-electron chi connectivity index (χ4n) is 4.52. The van der Waals surface area contributed by atoms with E-state index in [1.807, 2.05) is 0 Å². The maximum atomic E-state index is 12.7. The highest BCUT2D eigenvalue weighted by molar-refractivity contribution is 5.97. The molecule has 2 N–H and O–H groups in total. The normalized spacial score (nSPS) is 20.8. The van der Waals surface area contributed by atoms with Gasteiger partial charge in [0.25, 0.3) is 0 Å². The van der Waals surface area contributed by atoms with Gasteiger partial charge in [0.1, 0.15) is 0 Å².